The standard InChI is InChI=1S/C16H19NO7S/c1-11(16(20)17-13-6-7-25(21,22)10-13)24-15(19)9-23-14-4-2-12(8-18)3-5-14/h2-5,8,11,13H,6-7,9-10H2,1H3,(H,17,20)/t11-,13+/m1/s1. The smallest absolute Gasteiger partial charge is 0.344 e. The van der Waals surface area contributed by atoms with Gasteiger partial charge in [0.2, 0.25) is 0 Å². The van der Waals surface area contributed by atoms with Gasteiger partial charge in [0.1, 0.15) is 12.0 Å². The van der Waals surface area contributed by atoms with Crippen molar-refractivity contribution in [3.63, 3.8) is 0 Å². The van der Waals surface area contributed by atoms with E-state index in [2.05, 4.69) is 5.32 Å². The molecule has 1 fully saturated rings. The third kappa shape index (κ3) is 5.86. The molecule has 1 saturated heterocycles. The average molecular weight is 369 g/mol. The Bertz CT molecular complexity index is 742. The Labute approximate surface area is 145 Å². The third-order valence-electron chi connectivity index (χ3n) is 3.63. The van der Waals surface area contributed by atoms with Gasteiger partial charge < -0.3 is 14.8 Å². The van der Waals surface area contributed by atoms with Gasteiger partial charge >= 0.3 is 5.97 Å². The summed E-state index contributed by atoms with van der Waals surface area (Å²) in [5.41, 5.74) is 0.481. The summed E-state index contributed by atoms with van der Waals surface area (Å²) < 4.78 is 32.9. The topological polar surface area (TPSA) is 116 Å². The van der Waals surface area contributed by atoms with Crippen molar-refractivity contribution in [3.8, 4) is 5.75 Å². The van der Waals surface area contributed by atoms with Crippen LogP contribution in [0, 0.1) is 0 Å². The number of hydrogen-bond donors (Lipinski definition) is 1. The largest absolute Gasteiger partial charge is 0.482 e. The molecule has 2 atom stereocenters. The van der Waals surface area contributed by atoms with Crippen molar-refractivity contribution in [1.82, 2.24) is 5.32 Å². The highest BCUT2D eigenvalue weighted by atomic mass is 32.2. The first-order valence-corrected chi connectivity index (χ1v) is 9.49. The lowest BCUT2D eigenvalue weighted by atomic mass is 10.2. The average Bonchev–Trinajstić information content (AvgIpc) is 2.91. The first-order valence-electron chi connectivity index (χ1n) is 7.67. The van der Waals surface area contributed by atoms with Crippen LogP contribution >= 0.6 is 0 Å². The van der Waals surface area contributed by atoms with Crippen LogP contribution in [0.25, 0.3) is 0 Å². The second-order valence-electron chi connectivity index (χ2n) is 5.72. The normalized spacial score (nSPS) is 19.6. The number of carbonyl (C=O) groups excluding carboxylic acids is 3. The van der Waals surface area contributed by atoms with Crippen LogP contribution in [0.2, 0.25) is 0 Å². The molecular weight excluding hydrogens is 350 g/mol. The molecule has 0 saturated carbocycles. The molecule has 2 rings (SSSR count). The van der Waals surface area contributed by atoms with Crippen molar-refractivity contribution >= 4 is 28.0 Å². The number of sulfone groups is 1. The predicted molar refractivity (Wildman–Crippen MR) is 88.1 cm³/mol. The Morgan fingerprint density at radius 2 is 2.00 bits per heavy atom. The molecule has 0 aromatic heterocycles. The van der Waals surface area contributed by atoms with Gasteiger partial charge in [-0.25, -0.2) is 13.2 Å². The first-order chi connectivity index (χ1) is 11.8. The molecule has 0 radical (unpaired) electrons. The van der Waals surface area contributed by atoms with Gasteiger partial charge in [-0.1, -0.05) is 0 Å². The van der Waals surface area contributed by atoms with E-state index in [1.165, 1.54) is 19.1 Å². The highest BCUT2D eigenvalue weighted by molar-refractivity contribution is 7.91. The van der Waals surface area contributed by atoms with Crippen molar-refractivity contribution in [2.24, 2.45) is 0 Å². The molecule has 1 aromatic carbocycles. The Kier molecular flexibility index (Phi) is 6.13. The number of nitrogens with one attached hydrogen (secondary N) is 1. The van der Waals surface area contributed by atoms with E-state index in [0.717, 1.165) is 0 Å². The van der Waals surface area contributed by atoms with Crippen LogP contribution < -0.4 is 10.1 Å². The minimum Gasteiger partial charge on any atom is -0.482 e. The molecule has 0 unspecified atom stereocenters. The zero-order chi connectivity index (χ0) is 18.4. The SMILES string of the molecule is C[C@@H](OC(=O)COc1ccc(C=O)cc1)C(=O)N[C@H]1CCS(=O)(=O)C1. The second-order valence-corrected chi connectivity index (χ2v) is 7.94. The molecule has 1 heterocycles. The Morgan fingerprint density at radius 1 is 1.32 bits per heavy atom. The van der Waals surface area contributed by atoms with Gasteiger partial charge in [-0.2, -0.15) is 0 Å². The second kappa shape index (κ2) is 8.11. The van der Waals surface area contributed by atoms with E-state index >= 15 is 0 Å². The molecule has 1 aliphatic rings. The molecule has 1 aliphatic heterocycles. The summed E-state index contributed by atoms with van der Waals surface area (Å²) in [5.74, 6) is -0.954. The summed E-state index contributed by atoms with van der Waals surface area (Å²) in [6, 6.07) is 5.70. The fourth-order valence-electron chi connectivity index (χ4n) is 2.30. The molecule has 0 spiro atoms. The summed E-state index contributed by atoms with van der Waals surface area (Å²) in [6.45, 7) is 1.01. The lowest BCUT2D eigenvalue weighted by Gasteiger charge is -2.16. The van der Waals surface area contributed by atoms with Crippen LogP contribution in [0.5, 0.6) is 5.75 Å². The van der Waals surface area contributed by atoms with Gasteiger partial charge in [-0.05, 0) is 37.6 Å². The third-order valence-corrected chi connectivity index (χ3v) is 5.40. The van der Waals surface area contributed by atoms with Crippen molar-refractivity contribution < 1.29 is 32.3 Å². The van der Waals surface area contributed by atoms with Crippen LogP contribution in [-0.2, 0) is 24.2 Å². The maximum absolute atomic E-state index is 11.9. The van der Waals surface area contributed by atoms with Crippen LogP contribution in [-0.4, -0.2) is 56.8 Å². The number of amides is 1. The lowest BCUT2D eigenvalue weighted by Crippen LogP contribution is -2.43. The molecule has 0 bridgehead atoms. The molecule has 1 amide bonds. The van der Waals surface area contributed by atoms with Gasteiger partial charge in [0.05, 0.1) is 11.5 Å². The molecule has 1 N–H and O–H groups in total. The minimum atomic E-state index is -3.10. The molecular formula is C16H19NO7S. The number of benzene rings is 1. The number of ether oxygens (including phenoxy) is 2. The predicted octanol–water partition coefficient (Wildman–Crippen LogP) is 0.113. The van der Waals surface area contributed by atoms with Gasteiger partial charge in [0, 0.05) is 11.6 Å². The van der Waals surface area contributed by atoms with E-state index in [1.807, 2.05) is 0 Å². The zero-order valence-electron chi connectivity index (χ0n) is 13.6. The maximum Gasteiger partial charge on any atom is 0.344 e. The number of aldehydes is 1. The van der Waals surface area contributed by atoms with E-state index < -0.39 is 40.5 Å². The summed E-state index contributed by atoms with van der Waals surface area (Å²) in [5, 5.41) is 2.56. The summed E-state index contributed by atoms with van der Waals surface area (Å²) in [4.78, 5) is 34.2. The van der Waals surface area contributed by atoms with Gasteiger partial charge in [-0.15, -0.1) is 0 Å². The van der Waals surface area contributed by atoms with E-state index in [1.54, 1.807) is 12.1 Å². The minimum absolute atomic E-state index is 0.0445. The van der Waals surface area contributed by atoms with Gasteiger partial charge in [0.15, 0.2) is 22.5 Å². The van der Waals surface area contributed by atoms with Gasteiger partial charge in [-0.3, -0.25) is 9.59 Å². The monoisotopic (exact) mass is 369 g/mol. The first kappa shape index (κ1) is 18.9. The number of esters is 1. The quantitative estimate of drug-likeness (QED) is 0.536. The maximum atomic E-state index is 11.9. The molecule has 136 valence electrons. The molecule has 0 aliphatic carbocycles. The van der Waals surface area contributed by atoms with Crippen LogP contribution in [0.1, 0.15) is 23.7 Å². The number of hydrogen-bond acceptors (Lipinski definition) is 7. The highest BCUT2D eigenvalue weighted by Crippen LogP contribution is 2.12. The van der Waals surface area contributed by atoms with Gasteiger partial charge in [0.25, 0.3) is 5.91 Å². The van der Waals surface area contributed by atoms with Crippen molar-refractivity contribution in [3.05, 3.63) is 29.8 Å². The van der Waals surface area contributed by atoms with E-state index in [-0.39, 0.29) is 11.5 Å². The Hall–Kier alpha value is -2.42. The molecule has 1 aromatic rings. The molecule has 8 nitrogen and oxygen atoms in total. The Morgan fingerprint density at radius 3 is 2.56 bits per heavy atom. The number of rotatable bonds is 7. The molecule has 25 heavy (non-hydrogen) atoms. The fourth-order valence-corrected chi connectivity index (χ4v) is 3.97. The highest BCUT2D eigenvalue weighted by Gasteiger charge is 2.30. The van der Waals surface area contributed by atoms with E-state index in [4.69, 9.17) is 9.47 Å². The van der Waals surface area contributed by atoms with Crippen LogP contribution in [0.15, 0.2) is 24.3 Å². The van der Waals surface area contributed by atoms with Crippen molar-refractivity contribution in [1.29, 1.82) is 0 Å². The Balaban J connectivity index is 1.75. The van der Waals surface area contributed by atoms with Crippen molar-refractivity contribution in [2.45, 2.75) is 25.5 Å². The number of carbonyl (C=O) groups is 3. The molecule has 9 heteroatoms. The van der Waals surface area contributed by atoms with E-state index in [9.17, 15) is 22.8 Å². The fraction of sp³-hybridized carbons (Fsp3) is 0.438. The summed E-state index contributed by atoms with van der Waals surface area (Å²) in [6.07, 6.45) is -0.0143. The lowest BCUT2D eigenvalue weighted by molar-refractivity contribution is -0.156. The zero-order valence-corrected chi connectivity index (χ0v) is 14.5. The van der Waals surface area contributed by atoms with Crippen LogP contribution in [0.3, 0.4) is 0 Å². The van der Waals surface area contributed by atoms with Crippen molar-refractivity contribution in [2.75, 3.05) is 18.1 Å². The van der Waals surface area contributed by atoms with E-state index in [0.29, 0.717) is 24.0 Å². The summed E-state index contributed by atoms with van der Waals surface area (Å²) in [7, 11) is -3.10. The van der Waals surface area contributed by atoms with Crippen LogP contribution in [0.4, 0.5) is 0 Å². The summed E-state index contributed by atoms with van der Waals surface area (Å²) >= 11 is 0.